The summed E-state index contributed by atoms with van der Waals surface area (Å²) >= 11 is 6.11. The van der Waals surface area contributed by atoms with E-state index in [2.05, 4.69) is 17.1 Å². The first-order chi connectivity index (χ1) is 14.5. The molecule has 150 valence electrons. The Kier molecular flexibility index (Phi) is 5.31. The summed E-state index contributed by atoms with van der Waals surface area (Å²) < 4.78 is 7.47. The Morgan fingerprint density at radius 2 is 1.80 bits per heavy atom. The summed E-state index contributed by atoms with van der Waals surface area (Å²) in [5.41, 5.74) is 2.04. The largest absolute Gasteiger partial charge is 0.490 e. The second-order valence-electron chi connectivity index (χ2n) is 7.14. The van der Waals surface area contributed by atoms with Gasteiger partial charge in [-0.25, -0.2) is 4.98 Å². The zero-order valence-electron chi connectivity index (χ0n) is 16.3. The quantitative estimate of drug-likeness (QED) is 0.604. The van der Waals surface area contributed by atoms with Gasteiger partial charge in [-0.15, -0.1) is 0 Å². The lowest BCUT2D eigenvalue weighted by atomic mass is 10.0. The van der Waals surface area contributed by atoms with E-state index < -0.39 is 0 Å². The number of nitrogens with zero attached hydrogens (tertiary/aromatic N) is 5. The molecule has 0 spiro atoms. The van der Waals surface area contributed by atoms with Crippen molar-refractivity contribution < 1.29 is 4.74 Å². The highest BCUT2D eigenvalue weighted by atomic mass is 35.5. The predicted octanol–water partition coefficient (Wildman–Crippen LogP) is 3.38. The smallest absolute Gasteiger partial charge is 0.270 e. The number of ether oxygens (including phenoxy) is 1. The number of piperidine rings is 1. The number of nitriles is 2. The number of halogens is 1. The van der Waals surface area contributed by atoms with Gasteiger partial charge in [-0.1, -0.05) is 11.6 Å². The molecule has 30 heavy (non-hydrogen) atoms. The van der Waals surface area contributed by atoms with Crippen molar-refractivity contribution in [3.8, 4) is 17.9 Å². The molecule has 4 rings (SSSR count). The standard InChI is InChI=1S/C22H18ClN5O2/c1-27-18-6-7-19(23)26-20(18)21(17(13-25)22(27)29)28-10-8-16(9-11-28)30-15-4-2-14(12-24)3-5-15/h2-7,16H,8-11H2,1H3. The molecule has 0 unspecified atom stereocenters. The molecular weight excluding hydrogens is 402 g/mol. The van der Waals surface area contributed by atoms with Crippen LogP contribution in [0.2, 0.25) is 5.15 Å². The number of anilines is 1. The van der Waals surface area contributed by atoms with E-state index in [0.717, 1.165) is 18.6 Å². The number of hydrogen-bond donors (Lipinski definition) is 0. The highest BCUT2D eigenvalue weighted by Gasteiger charge is 2.27. The molecule has 0 aliphatic carbocycles. The van der Waals surface area contributed by atoms with Crippen LogP contribution in [0.1, 0.15) is 24.0 Å². The molecule has 1 aliphatic heterocycles. The van der Waals surface area contributed by atoms with Crippen molar-refractivity contribution in [2.24, 2.45) is 7.05 Å². The van der Waals surface area contributed by atoms with Gasteiger partial charge in [0.1, 0.15) is 34.2 Å². The molecule has 0 radical (unpaired) electrons. The van der Waals surface area contributed by atoms with Gasteiger partial charge in [0.15, 0.2) is 0 Å². The lowest BCUT2D eigenvalue weighted by molar-refractivity contribution is 0.171. The summed E-state index contributed by atoms with van der Waals surface area (Å²) in [7, 11) is 1.63. The molecule has 0 bridgehead atoms. The van der Waals surface area contributed by atoms with Crippen molar-refractivity contribution in [2.45, 2.75) is 18.9 Å². The summed E-state index contributed by atoms with van der Waals surface area (Å²) in [4.78, 5) is 19.2. The van der Waals surface area contributed by atoms with Crippen LogP contribution >= 0.6 is 11.6 Å². The monoisotopic (exact) mass is 419 g/mol. The number of benzene rings is 1. The summed E-state index contributed by atoms with van der Waals surface area (Å²) in [6.07, 6.45) is 1.46. The van der Waals surface area contributed by atoms with Crippen LogP contribution in [0.25, 0.3) is 11.0 Å². The van der Waals surface area contributed by atoms with Crippen LogP contribution in [-0.2, 0) is 7.05 Å². The molecule has 3 aromatic rings. The van der Waals surface area contributed by atoms with Crippen LogP contribution in [0.3, 0.4) is 0 Å². The maximum Gasteiger partial charge on any atom is 0.270 e. The second-order valence-corrected chi connectivity index (χ2v) is 7.53. The third-order valence-corrected chi connectivity index (χ3v) is 5.55. The molecular formula is C22H18ClN5O2. The summed E-state index contributed by atoms with van der Waals surface area (Å²) in [6.45, 7) is 1.23. The highest BCUT2D eigenvalue weighted by Crippen LogP contribution is 2.31. The van der Waals surface area contributed by atoms with E-state index >= 15 is 0 Å². The minimum Gasteiger partial charge on any atom is -0.490 e. The van der Waals surface area contributed by atoms with Gasteiger partial charge < -0.3 is 14.2 Å². The Balaban J connectivity index is 1.61. The van der Waals surface area contributed by atoms with Gasteiger partial charge in [0.25, 0.3) is 5.56 Å². The number of aromatic nitrogens is 2. The van der Waals surface area contributed by atoms with Crippen molar-refractivity contribution in [1.82, 2.24) is 9.55 Å². The predicted molar refractivity (Wildman–Crippen MR) is 114 cm³/mol. The lowest BCUT2D eigenvalue weighted by Gasteiger charge is -2.34. The molecule has 3 heterocycles. The first kappa shape index (κ1) is 19.8. The minimum absolute atomic E-state index is 0.00841. The van der Waals surface area contributed by atoms with Crippen molar-refractivity contribution in [3.05, 3.63) is 63.0 Å². The number of hydrogen-bond acceptors (Lipinski definition) is 6. The first-order valence-electron chi connectivity index (χ1n) is 9.53. The van der Waals surface area contributed by atoms with Gasteiger partial charge in [0.2, 0.25) is 0 Å². The van der Waals surface area contributed by atoms with Gasteiger partial charge in [0.05, 0.1) is 22.8 Å². The number of aryl methyl sites for hydroxylation is 1. The molecule has 8 heteroatoms. The zero-order valence-corrected chi connectivity index (χ0v) is 17.1. The molecule has 0 amide bonds. The van der Waals surface area contributed by atoms with Crippen molar-refractivity contribution in [3.63, 3.8) is 0 Å². The number of rotatable bonds is 3. The minimum atomic E-state index is -0.347. The van der Waals surface area contributed by atoms with Crippen LogP contribution in [-0.4, -0.2) is 28.7 Å². The maximum atomic E-state index is 12.7. The number of fused-ring (bicyclic) bond motifs is 1. The fourth-order valence-corrected chi connectivity index (χ4v) is 3.92. The van der Waals surface area contributed by atoms with E-state index in [1.165, 1.54) is 4.57 Å². The zero-order chi connectivity index (χ0) is 21.3. The van der Waals surface area contributed by atoms with Gasteiger partial charge >= 0.3 is 0 Å². The Labute approximate surface area is 178 Å². The summed E-state index contributed by atoms with van der Waals surface area (Å²) in [5, 5.41) is 18.9. The van der Waals surface area contributed by atoms with Gasteiger partial charge in [-0.2, -0.15) is 10.5 Å². The van der Waals surface area contributed by atoms with Crippen LogP contribution < -0.4 is 15.2 Å². The van der Waals surface area contributed by atoms with E-state index in [1.807, 2.05) is 4.90 Å². The SMILES string of the molecule is Cn1c(=O)c(C#N)c(N2CCC(Oc3ccc(C#N)cc3)CC2)c2nc(Cl)ccc21. The van der Waals surface area contributed by atoms with E-state index in [-0.39, 0.29) is 17.2 Å². The Morgan fingerprint density at radius 3 is 2.43 bits per heavy atom. The third kappa shape index (κ3) is 3.56. The van der Waals surface area contributed by atoms with Gasteiger partial charge in [0, 0.05) is 33.0 Å². The van der Waals surface area contributed by atoms with Crippen LogP contribution in [0, 0.1) is 22.7 Å². The molecule has 1 aliphatic rings. The van der Waals surface area contributed by atoms with E-state index in [0.29, 0.717) is 40.5 Å². The van der Waals surface area contributed by atoms with Gasteiger partial charge in [-0.05, 0) is 36.4 Å². The van der Waals surface area contributed by atoms with E-state index in [9.17, 15) is 10.1 Å². The normalized spacial score (nSPS) is 14.3. The second kappa shape index (κ2) is 8.06. The molecule has 1 saturated heterocycles. The lowest BCUT2D eigenvalue weighted by Crippen LogP contribution is -2.40. The molecule has 1 fully saturated rings. The van der Waals surface area contributed by atoms with Crippen molar-refractivity contribution in [2.75, 3.05) is 18.0 Å². The molecule has 7 nitrogen and oxygen atoms in total. The average molecular weight is 420 g/mol. The topological polar surface area (TPSA) is 94.9 Å². The molecule has 0 atom stereocenters. The Hall–Kier alpha value is -3.55. The van der Waals surface area contributed by atoms with E-state index in [1.54, 1.807) is 43.4 Å². The highest BCUT2D eigenvalue weighted by molar-refractivity contribution is 6.29. The fourth-order valence-electron chi connectivity index (χ4n) is 3.78. The fraction of sp³-hybridized carbons (Fsp3) is 0.273. The molecule has 2 aromatic heterocycles. The van der Waals surface area contributed by atoms with Gasteiger partial charge in [-0.3, -0.25) is 4.79 Å². The van der Waals surface area contributed by atoms with Crippen LogP contribution in [0.4, 0.5) is 5.69 Å². The Bertz CT molecular complexity index is 1250. The third-order valence-electron chi connectivity index (χ3n) is 5.34. The summed E-state index contributed by atoms with van der Waals surface area (Å²) in [5.74, 6) is 0.720. The summed E-state index contributed by atoms with van der Waals surface area (Å²) in [6, 6.07) is 14.6. The van der Waals surface area contributed by atoms with Crippen molar-refractivity contribution in [1.29, 1.82) is 10.5 Å². The van der Waals surface area contributed by atoms with Crippen LogP contribution in [0.5, 0.6) is 5.75 Å². The van der Waals surface area contributed by atoms with Crippen molar-refractivity contribution >= 4 is 28.3 Å². The first-order valence-corrected chi connectivity index (χ1v) is 9.90. The molecule has 0 N–H and O–H groups in total. The number of pyridine rings is 2. The molecule has 1 aromatic carbocycles. The van der Waals surface area contributed by atoms with E-state index in [4.69, 9.17) is 21.6 Å². The van der Waals surface area contributed by atoms with Crippen LogP contribution in [0.15, 0.2) is 41.2 Å². The Morgan fingerprint density at radius 1 is 1.10 bits per heavy atom. The average Bonchev–Trinajstić information content (AvgIpc) is 2.77. The maximum absolute atomic E-state index is 12.7. The molecule has 0 saturated carbocycles.